The van der Waals surface area contributed by atoms with Crippen LogP contribution in [-0.4, -0.2) is 15.8 Å². The highest BCUT2D eigenvalue weighted by Crippen LogP contribution is 2.28. The molecule has 118 valence electrons. The van der Waals surface area contributed by atoms with E-state index in [0.29, 0.717) is 11.1 Å². The zero-order valence-corrected chi connectivity index (χ0v) is 12.8. The zero-order valence-electron chi connectivity index (χ0n) is 12.8. The maximum atomic E-state index is 11.6. The molecule has 0 spiro atoms. The summed E-state index contributed by atoms with van der Waals surface area (Å²) in [5.41, 5.74) is 3.51. The van der Waals surface area contributed by atoms with E-state index < -0.39 is 6.09 Å². The van der Waals surface area contributed by atoms with E-state index in [4.69, 9.17) is 9.52 Å². The lowest BCUT2D eigenvalue weighted by Crippen LogP contribution is -2.05. The minimum Gasteiger partial charge on any atom is -0.464 e. The van der Waals surface area contributed by atoms with Gasteiger partial charge in [0.1, 0.15) is 5.58 Å². The van der Waals surface area contributed by atoms with Crippen molar-refractivity contribution >= 4 is 28.0 Å². The lowest BCUT2D eigenvalue weighted by molar-refractivity contribution is 0.197. The molecule has 0 bridgehead atoms. The molecule has 4 aromatic rings. The van der Waals surface area contributed by atoms with E-state index in [2.05, 4.69) is 0 Å². The largest absolute Gasteiger partial charge is 0.464 e. The van der Waals surface area contributed by atoms with Crippen LogP contribution in [0.1, 0.15) is 5.56 Å². The Morgan fingerprint density at radius 3 is 2.58 bits per heavy atom. The molecule has 5 heteroatoms. The summed E-state index contributed by atoms with van der Waals surface area (Å²) in [5.74, 6) is 0. The van der Waals surface area contributed by atoms with Crippen molar-refractivity contribution in [2.75, 3.05) is 0 Å². The molecule has 0 aliphatic carbocycles. The number of carboxylic acid groups (broad SMARTS) is 1. The molecule has 0 amide bonds. The molecule has 2 heterocycles. The lowest BCUT2D eigenvalue weighted by Gasteiger charge is -2.06. The molecule has 4 rings (SSSR count). The van der Waals surface area contributed by atoms with Gasteiger partial charge >= 0.3 is 11.7 Å². The van der Waals surface area contributed by atoms with Gasteiger partial charge in [-0.3, -0.25) is 4.57 Å². The summed E-state index contributed by atoms with van der Waals surface area (Å²) >= 11 is 0. The van der Waals surface area contributed by atoms with Crippen molar-refractivity contribution in [3.8, 4) is 11.1 Å². The van der Waals surface area contributed by atoms with Gasteiger partial charge in [-0.25, -0.2) is 9.59 Å². The zero-order chi connectivity index (χ0) is 16.8. The van der Waals surface area contributed by atoms with E-state index in [0.717, 1.165) is 27.5 Å². The molecular weight excluding hydrogens is 306 g/mol. The van der Waals surface area contributed by atoms with Gasteiger partial charge in [-0.15, -0.1) is 0 Å². The second-order valence-corrected chi connectivity index (χ2v) is 5.70. The number of aromatic nitrogens is 1. The Hall–Kier alpha value is -3.34. The topological polar surface area (TPSA) is 72.4 Å². The van der Waals surface area contributed by atoms with Crippen molar-refractivity contribution in [2.24, 2.45) is 0 Å². The molecule has 2 aromatic heterocycles. The van der Waals surface area contributed by atoms with Crippen LogP contribution in [0.15, 0.2) is 63.9 Å². The molecule has 0 unspecified atom stereocenters. The van der Waals surface area contributed by atoms with Crippen LogP contribution in [0.25, 0.3) is 33.0 Å². The predicted octanol–water partition coefficient (Wildman–Crippen LogP) is 4.25. The third kappa shape index (κ3) is 2.18. The van der Waals surface area contributed by atoms with Crippen LogP contribution in [0.5, 0.6) is 0 Å². The van der Waals surface area contributed by atoms with Crippen LogP contribution in [-0.2, 0) is 0 Å². The molecule has 0 aliphatic rings. The quantitative estimate of drug-likeness (QED) is 0.532. The summed E-state index contributed by atoms with van der Waals surface area (Å²) < 4.78 is 6.47. The van der Waals surface area contributed by atoms with E-state index in [1.54, 1.807) is 12.1 Å². The average Bonchev–Trinajstić information content (AvgIpc) is 2.97. The fourth-order valence-corrected chi connectivity index (χ4v) is 2.99. The fraction of sp³-hybridized carbons (Fsp3) is 0.0526. The Morgan fingerprint density at radius 2 is 1.79 bits per heavy atom. The van der Waals surface area contributed by atoms with Gasteiger partial charge in [-0.05, 0) is 47.9 Å². The molecule has 0 aliphatic heterocycles. The summed E-state index contributed by atoms with van der Waals surface area (Å²) in [6.45, 7) is 1.87. The maximum Gasteiger partial charge on any atom is 0.415 e. The number of aryl methyl sites for hydroxylation is 1. The van der Waals surface area contributed by atoms with Crippen molar-refractivity contribution in [3.63, 3.8) is 0 Å². The number of benzene rings is 2. The maximum absolute atomic E-state index is 11.6. The minimum absolute atomic E-state index is 0.369. The molecule has 2 aromatic carbocycles. The standard InChI is InChI=1S/C19H13NO4/c1-11-8-18(21)24-17-10-13(2-4-15(11)17)12-3-5-16-14(9-12)6-7-20(16)19(22)23/h2-10H,1H3,(H,22,23). The summed E-state index contributed by atoms with van der Waals surface area (Å²) in [7, 11) is 0. The first kappa shape index (κ1) is 14.3. The van der Waals surface area contributed by atoms with Crippen LogP contribution in [0.2, 0.25) is 0 Å². The number of rotatable bonds is 1. The highest BCUT2D eigenvalue weighted by atomic mass is 16.4. The molecule has 0 saturated carbocycles. The Morgan fingerprint density at radius 1 is 1.04 bits per heavy atom. The van der Waals surface area contributed by atoms with Gasteiger partial charge in [0.05, 0.1) is 5.52 Å². The minimum atomic E-state index is -1.01. The van der Waals surface area contributed by atoms with Crippen molar-refractivity contribution in [3.05, 3.63) is 70.7 Å². The number of nitrogens with zero attached hydrogens (tertiary/aromatic N) is 1. The molecule has 1 N–H and O–H groups in total. The van der Waals surface area contributed by atoms with Crippen LogP contribution in [0, 0.1) is 6.92 Å². The van der Waals surface area contributed by atoms with Gasteiger partial charge in [0, 0.05) is 23.0 Å². The van der Waals surface area contributed by atoms with Crippen LogP contribution < -0.4 is 5.63 Å². The number of hydrogen-bond acceptors (Lipinski definition) is 3. The summed E-state index contributed by atoms with van der Waals surface area (Å²) in [6.07, 6.45) is 0.514. The highest BCUT2D eigenvalue weighted by molar-refractivity contribution is 5.93. The van der Waals surface area contributed by atoms with Crippen molar-refractivity contribution in [1.29, 1.82) is 0 Å². The van der Waals surface area contributed by atoms with E-state index >= 15 is 0 Å². The smallest absolute Gasteiger partial charge is 0.415 e. The molecule has 5 nitrogen and oxygen atoms in total. The van der Waals surface area contributed by atoms with Gasteiger partial charge in [-0.2, -0.15) is 0 Å². The van der Waals surface area contributed by atoms with Gasteiger partial charge in [0.25, 0.3) is 0 Å². The van der Waals surface area contributed by atoms with E-state index in [9.17, 15) is 9.59 Å². The monoisotopic (exact) mass is 319 g/mol. The normalized spacial score (nSPS) is 11.2. The second-order valence-electron chi connectivity index (χ2n) is 5.70. The number of carbonyl (C=O) groups is 1. The van der Waals surface area contributed by atoms with Gasteiger partial charge in [0.2, 0.25) is 0 Å². The van der Waals surface area contributed by atoms with Crippen LogP contribution in [0.3, 0.4) is 0 Å². The van der Waals surface area contributed by atoms with Crippen molar-refractivity contribution in [1.82, 2.24) is 4.57 Å². The Labute approximate surface area is 136 Å². The number of hydrogen-bond donors (Lipinski definition) is 1. The van der Waals surface area contributed by atoms with Crippen molar-refractivity contribution < 1.29 is 14.3 Å². The first-order chi connectivity index (χ1) is 11.5. The van der Waals surface area contributed by atoms with E-state index in [1.807, 2.05) is 37.3 Å². The molecular formula is C19H13NO4. The Kier molecular flexibility index (Phi) is 3.03. The molecule has 0 radical (unpaired) electrons. The average molecular weight is 319 g/mol. The first-order valence-electron chi connectivity index (χ1n) is 7.42. The van der Waals surface area contributed by atoms with Gasteiger partial charge < -0.3 is 9.52 Å². The summed E-state index contributed by atoms with van der Waals surface area (Å²) in [6, 6.07) is 14.5. The van der Waals surface area contributed by atoms with Crippen LogP contribution in [0.4, 0.5) is 4.79 Å². The lowest BCUT2D eigenvalue weighted by atomic mass is 10.0. The summed E-state index contributed by atoms with van der Waals surface area (Å²) in [5, 5.41) is 10.9. The van der Waals surface area contributed by atoms with Gasteiger partial charge in [-0.1, -0.05) is 18.2 Å². The van der Waals surface area contributed by atoms with Crippen molar-refractivity contribution in [2.45, 2.75) is 6.92 Å². The van der Waals surface area contributed by atoms with E-state index in [-0.39, 0.29) is 5.63 Å². The molecule has 0 saturated heterocycles. The second kappa shape index (κ2) is 5.09. The van der Waals surface area contributed by atoms with Crippen LogP contribution >= 0.6 is 0 Å². The van der Waals surface area contributed by atoms with Gasteiger partial charge in [0.15, 0.2) is 0 Å². The highest BCUT2D eigenvalue weighted by Gasteiger charge is 2.09. The molecule has 24 heavy (non-hydrogen) atoms. The third-order valence-electron chi connectivity index (χ3n) is 4.18. The first-order valence-corrected chi connectivity index (χ1v) is 7.42. The fourth-order valence-electron chi connectivity index (χ4n) is 2.99. The molecule has 0 fully saturated rings. The SMILES string of the molecule is Cc1cc(=O)oc2cc(-c3ccc4c(ccn4C(=O)O)c3)ccc12. The third-order valence-corrected chi connectivity index (χ3v) is 4.18. The Balaban J connectivity index is 1.89. The molecule has 0 atom stereocenters. The predicted molar refractivity (Wildman–Crippen MR) is 91.6 cm³/mol. The Bertz CT molecular complexity index is 1170. The number of fused-ring (bicyclic) bond motifs is 2. The van der Waals surface area contributed by atoms with E-state index in [1.165, 1.54) is 16.8 Å². The summed E-state index contributed by atoms with van der Waals surface area (Å²) in [4.78, 5) is 22.7.